The first-order valence-corrected chi connectivity index (χ1v) is 12.4. The molecule has 0 fully saturated rings. The van der Waals surface area contributed by atoms with E-state index >= 15 is 0 Å². The second-order valence-electron chi connectivity index (χ2n) is 8.48. The van der Waals surface area contributed by atoms with E-state index in [0.717, 1.165) is 29.6 Å². The Morgan fingerprint density at radius 1 is 0.971 bits per heavy atom. The number of hydrogen-bond acceptors (Lipinski definition) is 4. The van der Waals surface area contributed by atoms with Crippen LogP contribution in [0.5, 0.6) is 0 Å². The molecule has 0 spiro atoms. The average Bonchev–Trinajstić information content (AvgIpc) is 3.21. The van der Waals surface area contributed by atoms with Crippen molar-refractivity contribution in [1.82, 2.24) is 9.47 Å². The van der Waals surface area contributed by atoms with Crippen LogP contribution in [0.4, 0.5) is 11.4 Å². The molecule has 0 saturated carbocycles. The topological polar surface area (TPSA) is 83.4 Å². The van der Waals surface area contributed by atoms with Crippen LogP contribution in [0, 0.1) is 6.92 Å². The van der Waals surface area contributed by atoms with E-state index in [-0.39, 0.29) is 10.8 Å². The molecule has 0 bridgehead atoms. The van der Waals surface area contributed by atoms with Crippen molar-refractivity contribution in [2.75, 3.05) is 30.7 Å². The van der Waals surface area contributed by atoms with E-state index in [1.807, 2.05) is 63.6 Å². The molecule has 0 aliphatic heterocycles. The summed E-state index contributed by atoms with van der Waals surface area (Å²) in [5.41, 5.74) is 3.51. The first kappa shape index (κ1) is 23.5. The predicted molar refractivity (Wildman–Crippen MR) is 137 cm³/mol. The van der Waals surface area contributed by atoms with Crippen LogP contribution in [0.15, 0.2) is 83.9 Å². The van der Waals surface area contributed by atoms with Gasteiger partial charge >= 0.3 is 0 Å². The number of aryl methyl sites for hydroxylation is 1. The Labute approximate surface area is 200 Å². The third kappa shape index (κ3) is 5.30. The number of benzene rings is 3. The van der Waals surface area contributed by atoms with Gasteiger partial charge in [-0.05, 0) is 81.2 Å². The van der Waals surface area contributed by atoms with Crippen LogP contribution in [0.3, 0.4) is 0 Å². The van der Waals surface area contributed by atoms with Crippen molar-refractivity contribution in [1.29, 1.82) is 0 Å². The highest BCUT2D eigenvalue weighted by atomic mass is 32.2. The molecule has 0 aliphatic carbocycles. The predicted octanol–water partition coefficient (Wildman–Crippen LogP) is 4.56. The number of fused-ring (bicyclic) bond motifs is 1. The number of carbonyl (C=O) groups is 1. The highest BCUT2D eigenvalue weighted by Crippen LogP contribution is 2.22. The van der Waals surface area contributed by atoms with Crippen molar-refractivity contribution in [2.45, 2.75) is 18.4 Å². The van der Waals surface area contributed by atoms with Crippen molar-refractivity contribution in [3.63, 3.8) is 0 Å². The van der Waals surface area contributed by atoms with Crippen molar-refractivity contribution in [2.24, 2.45) is 0 Å². The van der Waals surface area contributed by atoms with Crippen molar-refractivity contribution < 1.29 is 13.2 Å². The number of rotatable bonds is 8. The Bertz CT molecular complexity index is 1420. The van der Waals surface area contributed by atoms with Crippen molar-refractivity contribution in [3.05, 3.63) is 90.1 Å². The Kier molecular flexibility index (Phi) is 6.72. The summed E-state index contributed by atoms with van der Waals surface area (Å²) in [6.07, 6.45) is 2.05. The summed E-state index contributed by atoms with van der Waals surface area (Å²) in [6, 6.07) is 20.9. The minimum absolute atomic E-state index is 0.0905. The summed E-state index contributed by atoms with van der Waals surface area (Å²) in [4.78, 5) is 15.0. The van der Waals surface area contributed by atoms with Gasteiger partial charge in [-0.3, -0.25) is 9.52 Å². The van der Waals surface area contributed by atoms with Crippen LogP contribution in [0.1, 0.15) is 15.9 Å². The quantitative estimate of drug-likeness (QED) is 0.390. The number of hydrogen-bond donors (Lipinski definition) is 2. The largest absolute Gasteiger partial charge is 0.346 e. The van der Waals surface area contributed by atoms with Gasteiger partial charge < -0.3 is 14.8 Å². The number of likely N-dealkylation sites (N-methyl/N-ethyl adjacent to an activating group) is 1. The van der Waals surface area contributed by atoms with Crippen LogP contribution < -0.4 is 10.0 Å². The van der Waals surface area contributed by atoms with Gasteiger partial charge in [-0.2, -0.15) is 0 Å². The van der Waals surface area contributed by atoms with Gasteiger partial charge in [0.25, 0.3) is 15.9 Å². The minimum atomic E-state index is -3.76. The fraction of sp³-hybridized carbons (Fsp3) is 0.192. The summed E-state index contributed by atoms with van der Waals surface area (Å²) in [7, 11) is 0.331. The SMILES string of the molecule is Cc1ccccc1NS(=O)(=O)c1ccc(C(=O)Nc2ccc3c(ccn3CCN(C)C)c2)cc1. The van der Waals surface area contributed by atoms with Gasteiger partial charge in [-0.1, -0.05) is 18.2 Å². The molecule has 1 aromatic heterocycles. The molecule has 4 rings (SSSR count). The van der Waals surface area contributed by atoms with E-state index < -0.39 is 10.0 Å². The number of para-hydroxylation sites is 1. The maximum atomic E-state index is 12.7. The first-order valence-electron chi connectivity index (χ1n) is 11.0. The van der Waals surface area contributed by atoms with E-state index in [2.05, 4.69) is 19.5 Å². The van der Waals surface area contributed by atoms with Crippen molar-refractivity contribution in [3.8, 4) is 0 Å². The number of sulfonamides is 1. The van der Waals surface area contributed by atoms with Crippen LogP contribution in [0.2, 0.25) is 0 Å². The van der Waals surface area contributed by atoms with Crippen molar-refractivity contribution >= 4 is 38.2 Å². The standard InChI is InChI=1S/C26H28N4O3S/c1-19-6-4-5-7-24(19)28-34(32,33)23-11-8-20(9-12-23)26(31)27-22-10-13-25-21(18-22)14-15-30(25)17-16-29(2)3/h4-15,18,28H,16-17H2,1-3H3,(H,27,31). The van der Waals surface area contributed by atoms with Gasteiger partial charge in [0, 0.05) is 41.4 Å². The van der Waals surface area contributed by atoms with Crippen LogP contribution in [-0.4, -0.2) is 44.4 Å². The number of aromatic nitrogens is 1. The lowest BCUT2D eigenvalue weighted by Crippen LogP contribution is -2.17. The molecule has 4 aromatic rings. The monoisotopic (exact) mass is 476 g/mol. The second kappa shape index (κ2) is 9.70. The summed E-state index contributed by atoms with van der Waals surface area (Å²) < 4.78 is 30.2. The average molecular weight is 477 g/mol. The number of nitrogens with zero attached hydrogens (tertiary/aromatic N) is 2. The summed E-state index contributed by atoms with van der Waals surface area (Å²) in [5.74, 6) is -0.304. The fourth-order valence-corrected chi connectivity index (χ4v) is 4.79. The zero-order chi connectivity index (χ0) is 24.3. The zero-order valence-corrected chi connectivity index (χ0v) is 20.3. The Morgan fingerprint density at radius 2 is 1.71 bits per heavy atom. The fourth-order valence-electron chi connectivity index (χ4n) is 3.66. The molecule has 34 heavy (non-hydrogen) atoms. The molecule has 0 atom stereocenters. The Balaban J connectivity index is 1.45. The smallest absolute Gasteiger partial charge is 0.261 e. The number of amides is 1. The molecule has 2 N–H and O–H groups in total. The first-order chi connectivity index (χ1) is 16.2. The van der Waals surface area contributed by atoms with Crippen LogP contribution in [0.25, 0.3) is 10.9 Å². The Hall–Kier alpha value is -3.62. The molecule has 1 heterocycles. The number of carbonyl (C=O) groups excluding carboxylic acids is 1. The molecule has 7 nitrogen and oxygen atoms in total. The lowest BCUT2D eigenvalue weighted by atomic mass is 10.2. The zero-order valence-electron chi connectivity index (χ0n) is 19.4. The van der Waals surface area contributed by atoms with E-state index in [1.54, 1.807) is 12.1 Å². The molecule has 0 saturated heterocycles. The molecule has 0 radical (unpaired) electrons. The van der Waals surface area contributed by atoms with E-state index in [0.29, 0.717) is 16.9 Å². The minimum Gasteiger partial charge on any atom is -0.346 e. The van der Waals surface area contributed by atoms with E-state index in [9.17, 15) is 13.2 Å². The third-order valence-electron chi connectivity index (χ3n) is 5.63. The number of anilines is 2. The highest BCUT2D eigenvalue weighted by Gasteiger charge is 2.16. The van der Waals surface area contributed by atoms with Gasteiger partial charge in [-0.25, -0.2) is 8.42 Å². The molecule has 1 amide bonds. The maximum absolute atomic E-state index is 12.7. The lowest BCUT2D eigenvalue weighted by molar-refractivity contribution is 0.102. The molecule has 176 valence electrons. The maximum Gasteiger partial charge on any atom is 0.261 e. The molecule has 0 unspecified atom stereocenters. The van der Waals surface area contributed by atoms with Crippen LogP contribution in [-0.2, 0) is 16.6 Å². The van der Waals surface area contributed by atoms with Gasteiger partial charge in [0.15, 0.2) is 0 Å². The normalized spacial score (nSPS) is 11.6. The summed E-state index contributed by atoms with van der Waals surface area (Å²) in [6.45, 7) is 3.66. The Morgan fingerprint density at radius 3 is 2.41 bits per heavy atom. The summed E-state index contributed by atoms with van der Waals surface area (Å²) in [5, 5.41) is 3.94. The van der Waals surface area contributed by atoms with Gasteiger partial charge in [0.2, 0.25) is 0 Å². The molecule has 0 aliphatic rings. The van der Waals surface area contributed by atoms with E-state index in [1.165, 1.54) is 24.3 Å². The third-order valence-corrected chi connectivity index (χ3v) is 7.01. The van der Waals surface area contributed by atoms with Gasteiger partial charge in [0.05, 0.1) is 10.6 Å². The lowest BCUT2D eigenvalue weighted by Gasteiger charge is -2.12. The molecular weight excluding hydrogens is 448 g/mol. The van der Waals surface area contributed by atoms with Crippen LogP contribution >= 0.6 is 0 Å². The highest BCUT2D eigenvalue weighted by molar-refractivity contribution is 7.92. The van der Waals surface area contributed by atoms with E-state index in [4.69, 9.17) is 0 Å². The summed E-state index contributed by atoms with van der Waals surface area (Å²) >= 11 is 0. The molecular formula is C26H28N4O3S. The molecule has 8 heteroatoms. The van der Waals surface area contributed by atoms with Gasteiger partial charge in [-0.15, -0.1) is 0 Å². The molecule has 3 aromatic carbocycles. The van der Waals surface area contributed by atoms with Gasteiger partial charge in [0.1, 0.15) is 0 Å². The second-order valence-corrected chi connectivity index (χ2v) is 10.2. The number of nitrogens with one attached hydrogen (secondary N) is 2.